The molecule has 1 aliphatic rings. The van der Waals surface area contributed by atoms with Crippen LogP contribution in [0.1, 0.15) is 62.5 Å². The minimum atomic E-state index is -0.147. The largest absolute Gasteiger partial charge is 0.466 e. The third-order valence-electron chi connectivity index (χ3n) is 5.13. The first-order chi connectivity index (χ1) is 12.0. The Labute approximate surface area is 150 Å². The summed E-state index contributed by atoms with van der Waals surface area (Å²) in [5.74, 6) is 0.257. The van der Waals surface area contributed by atoms with Gasteiger partial charge in [-0.25, -0.2) is 0 Å². The Kier molecular flexibility index (Phi) is 7.18. The van der Waals surface area contributed by atoms with Gasteiger partial charge in [-0.2, -0.15) is 5.26 Å². The summed E-state index contributed by atoms with van der Waals surface area (Å²) in [5.41, 5.74) is 2.40. The van der Waals surface area contributed by atoms with Crippen molar-refractivity contribution in [2.75, 3.05) is 6.61 Å². The molecule has 1 fully saturated rings. The fourth-order valence-corrected chi connectivity index (χ4v) is 3.87. The molecule has 25 heavy (non-hydrogen) atoms. The second-order valence-electron chi connectivity index (χ2n) is 6.97. The molecule has 1 aliphatic carbocycles. The number of ether oxygens (including phenoxy) is 1. The molecule has 0 bridgehead atoms. The average molecular weight is 341 g/mol. The summed E-state index contributed by atoms with van der Waals surface area (Å²) in [5, 5.41) is 8.60. The molecule has 2 rings (SSSR count). The number of esters is 1. The van der Waals surface area contributed by atoms with Crippen molar-refractivity contribution in [2.45, 2.75) is 58.3 Å². The number of hydrogen-bond donors (Lipinski definition) is 0. The number of nitriles is 1. The van der Waals surface area contributed by atoms with Crippen LogP contribution in [0.2, 0.25) is 0 Å². The molecule has 1 unspecified atom stereocenters. The second kappa shape index (κ2) is 9.36. The number of hydrogen-bond acceptors (Lipinski definition) is 4. The molecule has 0 heterocycles. The summed E-state index contributed by atoms with van der Waals surface area (Å²) in [6.07, 6.45) is 3.88. The van der Waals surface area contributed by atoms with E-state index in [2.05, 4.69) is 25.1 Å². The topological polar surface area (TPSA) is 67.2 Å². The smallest absolute Gasteiger partial charge is 0.309 e. The van der Waals surface area contributed by atoms with Crippen LogP contribution in [0.5, 0.6) is 0 Å². The van der Waals surface area contributed by atoms with Crippen molar-refractivity contribution in [2.24, 2.45) is 11.8 Å². The molecule has 0 saturated heterocycles. The first-order valence-corrected chi connectivity index (χ1v) is 9.17. The van der Waals surface area contributed by atoms with Crippen LogP contribution < -0.4 is 0 Å². The van der Waals surface area contributed by atoms with E-state index in [1.54, 1.807) is 0 Å². The highest BCUT2D eigenvalue weighted by Crippen LogP contribution is 2.42. The van der Waals surface area contributed by atoms with Crippen LogP contribution in [0, 0.1) is 30.1 Å². The van der Waals surface area contributed by atoms with Crippen molar-refractivity contribution in [1.82, 2.24) is 0 Å². The average Bonchev–Trinajstić information content (AvgIpc) is 2.60. The Hall–Kier alpha value is -2.15. The normalized spacial score (nSPS) is 22.8. The standard InChI is InChI=1S/C21H27NO3/c1-3-25-21(24)20-14-16(7-9-18(23)11-12-22)8-10-19(20)17-6-4-5-15(2)13-17/h4-6,13,16,19-20H,3,7-11,14H2,1-2H3/t16?,19-,20+/m0/s1. The van der Waals surface area contributed by atoms with Gasteiger partial charge >= 0.3 is 5.97 Å². The number of aryl methyl sites for hydroxylation is 1. The molecule has 0 aromatic heterocycles. The zero-order chi connectivity index (χ0) is 18.2. The maximum absolute atomic E-state index is 12.5. The lowest BCUT2D eigenvalue weighted by Gasteiger charge is -2.35. The van der Waals surface area contributed by atoms with Gasteiger partial charge < -0.3 is 4.74 Å². The lowest BCUT2D eigenvalue weighted by Crippen LogP contribution is -2.31. The Morgan fingerprint density at radius 1 is 1.32 bits per heavy atom. The number of ketones is 1. The van der Waals surface area contributed by atoms with Crippen molar-refractivity contribution < 1.29 is 14.3 Å². The molecular formula is C21H27NO3. The minimum Gasteiger partial charge on any atom is -0.466 e. The van der Waals surface area contributed by atoms with E-state index >= 15 is 0 Å². The predicted octanol–water partition coefficient (Wildman–Crippen LogP) is 4.32. The fraction of sp³-hybridized carbons (Fsp3) is 0.571. The zero-order valence-electron chi connectivity index (χ0n) is 15.2. The van der Waals surface area contributed by atoms with E-state index in [4.69, 9.17) is 10.00 Å². The predicted molar refractivity (Wildman–Crippen MR) is 95.9 cm³/mol. The molecule has 4 heteroatoms. The van der Waals surface area contributed by atoms with Gasteiger partial charge in [0.25, 0.3) is 0 Å². The summed E-state index contributed by atoms with van der Waals surface area (Å²) < 4.78 is 5.33. The van der Waals surface area contributed by atoms with E-state index in [0.29, 0.717) is 18.9 Å². The quantitative estimate of drug-likeness (QED) is 0.693. The van der Waals surface area contributed by atoms with E-state index < -0.39 is 0 Å². The number of carbonyl (C=O) groups excluding carboxylic acids is 2. The third kappa shape index (κ3) is 5.42. The minimum absolute atomic E-state index is 0.00371. The van der Waals surface area contributed by atoms with E-state index in [-0.39, 0.29) is 30.0 Å². The summed E-state index contributed by atoms with van der Waals surface area (Å²) in [4.78, 5) is 24.1. The highest BCUT2D eigenvalue weighted by molar-refractivity contribution is 5.80. The van der Waals surface area contributed by atoms with E-state index in [1.165, 1.54) is 11.1 Å². The molecule has 134 valence electrons. The second-order valence-corrected chi connectivity index (χ2v) is 6.97. The third-order valence-corrected chi connectivity index (χ3v) is 5.13. The first-order valence-electron chi connectivity index (χ1n) is 9.17. The van der Waals surface area contributed by atoms with Crippen molar-refractivity contribution in [3.05, 3.63) is 35.4 Å². The monoisotopic (exact) mass is 341 g/mol. The molecule has 1 saturated carbocycles. The molecule has 1 aromatic carbocycles. The van der Waals surface area contributed by atoms with E-state index in [0.717, 1.165) is 25.7 Å². The molecule has 0 radical (unpaired) electrons. The Morgan fingerprint density at radius 2 is 2.12 bits per heavy atom. The summed E-state index contributed by atoms with van der Waals surface area (Å²) in [6, 6.07) is 10.3. The Balaban J connectivity index is 2.08. The van der Waals surface area contributed by atoms with Crippen LogP contribution in [0.15, 0.2) is 24.3 Å². The van der Waals surface area contributed by atoms with E-state index in [9.17, 15) is 9.59 Å². The summed E-state index contributed by atoms with van der Waals surface area (Å²) >= 11 is 0. The van der Waals surface area contributed by atoms with Crippen molar-refractivity contribution in [3.63, 3.8) is 0 Å². The molecular weight excluding hydrogens is 314 g/mol. The van der Waals surface area contributed by atoms with Crippen molar-refractivity contribution in [3.8, 4) is 6.07 Å². The number of rotatable bonds is 7. The highest BCUT2D eigenvalue weighted by atomic mass is 16.5. The van der Waals surface area contributed by atoms with Crippen LogP contribution in [-0.4, -0.2) is 18.4 Å². The number of Topliss-reactive ketones (excluding diaryl/α,β-unsaturated/α-hetero) is 1. The SMILES string of the molecule is CCOC(=O)[C@@H]1CC(CCC(=O)CC#N)CC[C@H]1c1cccc(C)c1. The summed E-state index contributed by atoms with van der Waals surface area (Å²) in [7, 11) is 0. The maximum atomic E-state index is 12.5. The van der Waals surface area contributed by atoms with Crippen LogP contribution in [0.4, 0.5) is 0 Å². The van der Waals surface area contributed by atoms with Gasteiger partial charge in [-0.1, -0.05) is 29.8 Å². The zero-order valence-corrected chi connectivity index (χ0v) is 15.2. The van der Waals surface area contributed by atoms with Gasteiger partial charge in [0.1, 0.15) is 5.78 Å². The van der Waals surface area contributed by atoms with Crippen LogP contribution >= 0.6 is 0 Å². The lowest BCUT2D eigenvalue weighted by molar-refractivity contribution is -0.150. The van der Waals surface area contributed by atoms with Gasteiger partial charge in [-0.15, -0.1) is 0 Å². The van der Waals surface area contributed by atoms with E-state index in [1.807, 2.05) is 19.1 Å². The molecule has 1 aromatic rings. The van der Waals surface area contributed by atoms with Crippen LogP contribution in [0.25, 0.3) is 0 Å². The van der Waals surface area contributed by atoms with Gasteiger partial charge in [0.15, 0.2) is 0 Å². The Bertz CT molecular complexity index is 647. The van der Waals surface area contributed by atoms with Crippen LogP contribution in [0.3, 0.4) is 0 Å². The highest BCUT2D eigenvalue weighted by Gasteiger charge is 2.37. The van der Waals surface area contributed by atoms with Gasteiger partial charge in [-0.05, 0) is 56.9 Å². The fourth-order valence-electron chi connectivity index (χ4n) is 3.87. The molecule has 0 aliphatic heterocycles. The maximum Gasteiger partial charge on any atom is 0.309 e. The number of carbonyl (C=O) groups is 2. The molecule has 4 nitrogen and oxygen atoms in total. The first kappa shape index (κ1) is 19.2. The number of nitrogens with zero attached hydrogens (tertiary/aromatic N) is 1. The summed E-state index contributed by atoms with van der Waals surface area (Å²) in [6.45, 7) is 4.29. The molecule has 0 N–H and O–H groups in total. The number of benzene rings is 1. The van der Waals surface area contributed by atoms with Crippen LogP contribution in [-0.2, 0) is 14.3 Å². The van der Waals surface area contributed by atoms with Gasteiger partial charge in [0.2, 0.25) is 0 Å². The van der Waals surface area contributed by atoms with Gasteiger partial charge in [0, 0.05) is 6.42 Å². The van der Waals surface area contributed by atoms with Crippen molar-refractivity contribution >= 4 is 11.8 Å². The molecule has 0 spiro atoms. The molecule has 3 atom stereocenters. The van der Waals surface area contributed by atoms with Crippen molar-refractivity contribution in [1.29, 1.82) is 5.26 Å². The Morgan fingerprint density at radius 3 is 2.80 bits per heavy atom. The van der Waals surface area contributed by atoms with Gasteiger partial charge in [0.05, 0.1) is 25.0 Å². The molecule has 0 amide bonds. The lowest BCUT2D eigenvalue weighted by atomic mass is 9.70. The van der Waals surface area contributed by atoms with Gasteiger partial charge in [-0.3, -0.25) is 9.59 Å².